The molecular formula is C24H34ClF9N6O15. The Kier molecular flexibility index (Phi) is 21.8. The highest BCUT2D eigenvalue weighted by Crippen LogP contribution is 2.20. The quantitative estimate of drug-likeness (QED) is 0.115. The molecule has 3 saturated heterocycles. The number of aliphatic hydroxyl groups is 6. The first-order valence-corrected chi connectivity index (χ1v) is 14.4. The van der Waals surface area contributed by atoms with Gasteiger partial charge in [-0.25, -0.2) is 0 Å². The molecule has 55 heavy (non-hydrogen) atoms. The summed E-state index contributed by atoms with van der Waals surface area (Å²) in [6.45, 7) is -0.534. The first kappa shape index (κ1) is 53.1. The second kappa shape index (κ2) is 22.6. The number of aliphatic hydroxyl groups excluding tert-OH is 6. The molecule has 5 unspecified atom stereocenters. The summed E-state index contributed by atoms with van der Waals surface area (Å²) in [5.41, 5.74) is 0. The lowest BCUT2D eigenvalue weighted by Crippen LogP contribution is -2.66. The highest BCUT2D eigenvalue weighted by atomic mass is 35.5. The van der Waals surface area contributed by atoms with Crippen LogP contribution in [0.25, 0.3) is 0 Å². The first-order valence-electron chi connectivity index (χ1n) is 14.4. The summed E-state index contributed by atoms with van der Waals surface area (Å²) >= 11 is 0. The minimum atomic E-state index is -5.13. The normalized spacial score (nSPS) is 30.6. The van der Waals surface area contributed by atoms with Crippen molar-refractivity contribution in [3.8, 4) is 0 Å². The van der Waals surface area contributed by atoms with Gasteiger partial charge in [-0.05, 0) is 13.0 Å². The monoisotopic (exact) mass is 852 g/mol. The molecule has 0 aromatic rings. The smallest absolute Gasteiger partial charge is 0.471 e. The predicted octanol–water partition coefficient (Wildman–Crippen LogP) is -5.42. The van der Waals surface area contributed by atoms with E-state index in [1.165, 1.54) is 10.6 Å². The third kappa shape index (κ3) is 17.2. The molecule has 0 spiro atoms. The standard InChI is InChI=1S/2C8H11F3N2O5.C7H11F3N2O3.CO2.ClH/c2*9-8(10,11)7(18)13-5-4(15)3(14)2(1-12-5)6(16)17;8-7(9,10)6(15)12-5-4(14)3(13)1-2-11-5;2-1-3;/h2*2-5,12,14-15H,1H2,(H,13,18)(H,16,17);3-5,11,13-14H,1-2H2,(H,12,15);;1H/t2?,3-,4+,5?;2?,3-,4-,5?;3-,4+,5?;;/m101../s1. The first-order chi connectivity index (χ1) is 24.5. The summed E-state index contributed by atoms with van der Waals surface area (Å²) < 4.78 is 107. The van der Waals surface area contributed by atoms with Crippen LogP contribution in [0.5, 0.6) is 0 Å². The van der Waals surface area contributed by atoms with Gasteiger partial charge in [0.05, 0.1) is 30.1 Å². The van der Waals surface area contributed by atoms with E-state index in [9.17, 15) is 89.0 Å². The van der Waals surface area contributed by atoms with Gasteiger partial charge in [-0.3, -0.25) is 39.9 Å². The van der Waals surface area contributed by atoms with Gasteiger partial charge in [0.2, 0.25) is 0 Å². The van der Waals surface area contributed by atoms with Crippen molar-refractivity contribution in [2.24, 2.45) is 11.8 Å². The molecule has 320 valence electrons. The van der Waals surface area contributed by atoms with Gasteiger partial charge in [0.1, 0.15) is 36.8 Å². The maximum absolute atomic E-state index is 12.0. The summed E-state index contributed by atoms with van der Waals surface area (Å²) in [7, 11) is 0. The molecule has 21 nitrogen and oxygen atoms in total. The van der Waals surface area contributed by atoms with E-state index in [-0.39, 0.29) is 44.6 Å². The highest BCUT2D eigenvalue weighted by Gasteiger charge is 2.47. The fraction of sp³-hybridized carbons (Fsp3) is 0.750. The molecule has 0 aromatic heterocycles. The van der Waals surface area contributed by atoms with Crippen molar-refractivity contribution in [1.29, 1.82) is 0 Å². The maximum atomic E-state index is 12.0. The van der Waals surface area contributed by atoms with Gasteiger partial charge < -0.3 is 56.8 Å². The van der Waals surface area contributed by atoms with Gasteiger partial charge in [-0.15, -0.1) is 12.4 Å². The molecule has 14 N–H and O–H groups in total. The molecular weight excluding hydrogens is 819 g/mol. The molecule has 3 aliphatic rings. The van der Waals surface area contributed by atoms with Crippen molar-refractivity contribution >= 4 is 48.2 Å². The van der Waals surface area contributed by atoms with E-state index in [2.05, 4.69) is 16.0 Å². The van der Waals surface area contributed by atoms with Crippen LogP contribution in [0.2, 0.25) is 0 Å². The van der Waals surface area contributed by atoms with E-state index < -0.39 is 115 Å². The Morgan fingerprint density at radius 1 is 0.527 bits per heavy atom. The fourth-order valence-corrected chi connectivity index (χ4v) is 4.31. The SMILES string of the molecule is Cl.O=C(NC1NCC[C@@H](O)[C@@H]1O)C(F)(F)F.O=C(O)C1CNC(NC(=O)C(F)(F)F)[C@@H](O)[C@@H]1O.O=C(O)C1CNC(NC(=O)C(F)(F)F)[C@@H](O)[C@H]1O.O=C=O. The minimum absolute atomic E-state index is 0. The number of carboxylic acids is 2. The average molecular weight is 853 g/mol. The third-order valence-electron chi connectivity index (χ3n) is 7.13. The van der Waals surface area contributed by atoms with E-state index in [1.807, 2.05) is 0 Å². The van der Waals surface area contributed by atoms with E-state index in [0.717, 1.165) is 0 Å². The second-order valence-electron chi connectivity index (χ2n) is 10.9. The lowest BCUT2D eigenvalue weighted by Gasteiger charge is -2.36. The Labute approximate surface area is 306 Å². The topological polar surface area (TPSA) is 354 Å². The van der Waals surface area contributed by atoms with E-state index in [0.29, 0.717) is 0 Å². The fourth-order valence-electron chi connectivity index (χ4n) is 4.31. The predicted molar refractivity (Wildman–Crippen MR) is 153 cm³/mol. The van der Waals surface area contributed by atoms with Crippen LogP contribution in [-0.2, 0) is 33.6 Å². The van der Waals surface area contributed by atoms with E-state index >= 15 is 0 Å². The summed E-state index contributed by atoms with van der Waals surface area (Å²) in [5.74, 6) is -12.3. The van der Waals surface area contributed by atoms with Gasteiger partial charge in [-0.2, -0.15) is 49.1 Å². The molecule has 0 saturated carbocycles. The molecule has 0 aromatic carbocycles. The van der Waals surface area contributed by atoms with Crippen molar-refractivity contribution in [2.75, 3.05) is 19.6 Å². The molecule has 0 bridgehead atoms. The van der Waals surface area contributed by atoms with Crippen molar-refractivity contribution < 1.29 is 114 Å². The van der Waals surface area contributed by atoms with Crippen LogP contribution in [0, 0.1) is 11.8 Å². The number of alkyl halides is 9. The number of nitrogens with one attached hydrogen (secondary N) is 6. The summed E-state index contributed by atoms with van der Waals surface area (Å²) in [6, 6.07) is 0. The van der Waals surface area contributed by atoms with Gasteiger partial charge in [-0.1, -0.05) is 0 Å². The van der Waals surface area contributed by atoms with Gasteiger partial charge in [0.15, 0.2) is 0 Å². The summed E-state index contributed by atoms with van der Waals surface area (Å²) in [5, 5.41) is 84.6. The van der Waals surface area contributed by atoms with Crippen LogP contribution in [0.15, 0.2) is 0 Å². The third-order valence-corrected chi connectivity index (χ3v) is 7.13. The average Bonchev–Trinajstić information content (AvgIpc) is 3.03. The molecule has 31 heteroatoms. The summed E-state index contributed by atoms with van der Waals surface area (Å²) in [4.78, 5) is 69.2. The molecule has 0 aliphatic carbocycles. The van der Waals surface area contributed by atoms with Crippen molar-refractivity contribution in [2.45, 2.75) is 80.1 Å². The lowest BCUT2D eigenvalue weighted by molar-refractivity contribution is -0.192. The second-order valence-corrected chi connectivity index (χ2v) is 10.9. The zero-order valence-electron chi connectivity index (χ0n) is 26.9. The van der Waals surface area contributed by atoms with Crippen molar-refractivity contribution in [1.82, 2.24) is 31.9 Å². The molecule has 11 atom stereocenters. The van der Waals surface area contributed by atoms with E-state index in [4.69, 9.17) is 24.9 Å². The number of carbonyl (C=O) groups excluding carboxylic acids is 5. The van der Waals surface area contributed by atoms with Crippen LogP contribution >= 0.6 is 12.4 Å². The number of piperidine rings is 3. The largest absolute Gasteiger partial charge is 0.481 e. The Hall–Kier alpha value is -3.97. The molecule has 3 heterocycles. The van der Waals surface area contributed by atoms with Crippen LogP contribution in [-0.4, -0.2) is 170 Å². The summed E-state index contributed by atoms with van der Waals surface area (Å²) in [6.07, 6.45) is -29.0. The Morgan fingerprint density at radius 3 is 1.05 bits per heavy atom. The van der Waals surface area contributed by atoms with Crippen LogP contribution in [0.1, 0.15) is 6.42 Å². The van der Waals surface area contributed by atoms with Crippen molar-refractivity contribution in [3.05, 3.63) is 0 Å². The van der Waals surface area contributed by atoms with Crippen LogP contribution in [0.3, 0.4) is 0 Å². The number of hydrogen-bond donors (Lipinski definition) is 14. The van der Waals surface area contributed by atoms with Crippen LogP contribution in [0.4, 0.5) is 39.5 Å². The molecule has 0 radical (unpaired) electrons. The molecule has 3 rings (SSSR count). The van der Waals surface area contributed by atoms with Crippen LogP contribution < -0.4 is 31.9 Å². The van der Waals surface area contributed by atoms with Crippen molar-refractivity contribution in [3.63, 3.8) is 0 Å². The lowest BCUT2D eigenvalue weighted by atomic mass is 9.92. The molecule has 3 amide bonds. The number of amides is 3. The maximum Gasteiger partial charge on any atom is 0.471 e. The Bertz CT molecular complexity index is 1260. The van der Waals surface area contributed by atoms with Gasteiger partial charge >= 0.3 is 54.3 Å². The highest BCUT2D eigenvalue weighted by molar-refractivity contribution is 5.85. The number of carbonyl (C=O) groups is 5. The number of rotatable bonds is 5. The molecule has 3 aliphatic heterocycles. The van der Waals surface area contributed by atoms with Gasteiger partial charge in [0.25, 0.3) is 0 Å². The zero-order valence-corrected chi connectivity index (χ0v) is 27.7. The zero-order chi connectivity index (χ0) is 42.5. The number of carboxylic acid groups (broad SMARTS) is 2. The molecule has 3 fully saturated rings. The van der Waals surface area contributed by atoms with Gasteiger partial charge in [0, 0.05) is 13.1 Å². The number of halogens is 10. The number of hydrogen-bond acceptors (Lipinski definition) is 16. The Morgan fingerprint density at radius 2 is 0.800 bits per heavy atom. The minimum Gasteiger partial charge on any atom is -0.481 e. The van der Waals surface area contributed by atoms with E-state index in [1.54, 1.807) is 5.32 Å². The Balaban J connectivity index is 0. The number of aliphatic carboxylic acids is 2.